The van der Waals surface area contributed by atoms with Gasteiger partial charge in [0.2, 0.25) is 0 Å². The predicted octanol–water partition coefficient (Wildman–Crippen LogP) is 3.63. The number of likely N-dealkylation sites (tertiary alicyclic amines) is 2. The molecule has 7 heteroatoms. The number of ether oxygens (including phenoxy) is 1. The minimum Gasteiger partial charge on any atom is -0.481 e. The molecule has 0 bridgehead atoms. The van der Waals surface area contributed by atoms with Gasteiger partial charge in [0.15, 0.2) is 18.2 Å². The standard InChI is InChI=1S/C24H28FN3O3/c25-20-8-2-3-9-22(20)31-17-23(29)28-14-6-7-19(16-28)21-11-10-18(15-26-21)24(30)27-12-4-1-5-13-27/h2-3,8-11,15,19H,1,4-7,12-14,16-17H2/t19-/m0/s1. The Kier molecular flexibility index (Phi) is 6.79. The largest absolute Gasteiger partial charge is 0.481 e. The highest BCUT2D eigenvalue weighted by Crippen LogP contribution is 2.26. The van der Waals surface area contributed by atoms with Gasteiger partial charge in [-0.25, -0.2) is 4.39 Å². The Morgan fingerprint density at radius 3 is 2.52 bits per heavy atom. The molecule has 164 valence electrons. The summed E-state index contributed by atoms with van der Waals surface area (Å²) in [5.74, 6) is -0.394. The van der Waals surface area contributed by atoms with Crippen LogP contribution in [0.1, 0.15) is 54.1 Å². The van der Waals surface area contributed by atoms with Gasteiger partial charge in [-0.05, 0) is 56.4 Å². The molecule has 31 heavy (non-hydrogen) atoms. The van der Waals surface area contributed by atoms with Crippen molar-refractivity contribution in [3.63, 3.8) is 0 Å². The van der Waals surface area contributed by atoms with E-state index in [4.69, 9.17) is 4.74 Å². The van der Waals surface area contributed by atoms with Gasteiger partial charge in [-0.3, -0.25) is 14.6 Å². The van der Waals surface area contributed by atoms with Gasteiger partial charge in [-0.2, -0.15) is 0 Å². The number of hydrogen-bond donors (Lipinski definition) is 0. The first-order valence-electron chi connectivity index (χ1n) is 11.0. The molecule has 2 aliphatic rings. The summed E-state index contributed by atoms with van der Waals surface area (Å²) in [5.41, 5.74) is 1.51. The van der Waals surface area contributed by atoms with Crippen LogP contribution in [0.4, 0.5) is 4.39 Å². The summed E-state index contributed by atoms with van der Waals surface area (Å²) in [5, 5.41) is 0. The molecule has 4 rings (SSSR count). The smallest absolute Gasteiger partial charge is 0.260 e. The van der Waals surface area contributed by atoms with Gasteiger partial charge in [-0.1, -0.05) is 12.1 Å². The van der Waals surface area contributed by atoms with Gasteiger partial charge in [0.25, 0.3) is 11.8 Å². The van der Waals surface area contributed by atoms with Gasteiger partial charge < -0.3 is 14.5 Å². The molecule has 0 N–H and O–H groups in total. The Hall–Kier alpha value is -2.96. The molecule has 2 saturated heterocycles. The lowest BCUT2D eigenvalue weighted by molar-refractivity contribution is -0.134. The SMILES string of the molecule is O=C(COc1ccccc1F)N1CCC[C@H](c2ccc(C(=O)N3CCCCC3)cn2)C1. The second-order valence-corrected chi connectivity index (χ2v) is 8.22. The van der Waals surface area contributed by atoms with Crippen LogP contribution in [-0.4, -0.2) is 59.4 Å². The number of nitrogens with zero attached hydrogens (tertiary/aromatic N) is 3. The lowest BCUT2D eigenvalue weighted by Gasteiger charge is -2.32. The predicted molar refractivity (Wildman–Crippen MR) is 114 cm³/mol. The summed E-state index contributed by atoms with van der Waals surface area (Å²) in [6, 6.07) is 9.83. The summed E-state index contributed by atoms with van der Waals surface area (Å²) in [6.45, 7) is 2.64. The monoisotopic (exact) mass is 425 g/mol. The summed E-state index contributed by atoms with van der Waals surface area (Å²) in [6.07, 6.45) is 6.77. The molecule has 2 aliphatic heterocycles. The van der Waals surface area contributed by atoms with Crippen molar-refractivity contribution >= 4 is 11.8 Å². The van der Waals surface area contributed by atoms with Gasteiger partial charge in [0, 0.05) is 44.0 Å². The fraction of sp³-hybridized carbons (Fsp3) is 0.458. The molecule has 1 aromatic heterocycles. The molecule has 6 nitrogen and oxygen atoms in total. The number of pyridine rings is 1. The minimum absolute atomic E-state index is 0.0458. The van der Waals surface area contributed by atoms with E-state index in [2.05, 4.69) is 4.98 Å². The van der Waals surface area contributed by atoms with Crippen LogP contribution < -0.4 is 4.74 Å². The summed E-state index contributed by atoms with van der Waals surface area (Å²) in [7, 11) is 0. The van der Waals surface area contributed by atoms with Gasteiger partial charge >= 0.3 is 0 Å². The van der Waals surface area contributed by atoms with E-state index in [9.17, 15) is 14.0 Å². The molecule has 2 amide bonds. The number of benzene rings is 1. The van der Waals surface area contributed by atoms with Crippen molar-refractivity contribution in [1.82, 2.24) is 14.8 Å². The first kappa shape index (κ1) is 21.3. The Bertz CT molecular complexity index is 913. The third-order valence-electron chi connectivity index (χ3n) is 6.06. The second-order valence-electron chi connectivity index (χ2n) is 8.22. The maximum atomic E-state index is 13.7. The molecule has 3 heterocycles. The topological polar surface area (TPSA) is 62.7 Å². The highest BCUT2D eigenvalue weighted by molar-refractivity contribution is 5.94. The zero-order valence-corrected chi connectivity index (χ0v) is 17.6. The number of hydrogen-bond acceptors (Lipinski definition) is 4. The fourth-order valence-electron chi connectivity index (χ4n) is 4.29. The van der Waals surface area contributed by atoms with Crippen LogP contribution in [0.2, 0.25) is 0 Å². The highest BCUT2D eigenvalue weighted by Gasteiger charge is 2.26. The van der Waals surface area contributed by atoms with E-state index in [0.29, 0.717) is 18.7 Å². The number of halogens is 1. The highest BCUT2D eigenvalue weighted by atomic mass is 19.1. The second kappa shape index (κ2) is 9.90. The van der Waals surface area contributed by atoms with E-state index >= 15 is 0 Å². The third kappa shape index (κ3) is 5.21. The summed E-state index contributed by atoms with van der Waals surface area (Å²) in [4.78, 5) is 33.4. The van der Waals surface area contributed by atoms with Crippen LogP contribution in [0.3, 0.4) is 0 Å². The number of aromatic nitrogens is 1. The van der Waals surface area contributed by atoms with Crippen molar-refractivity contribution < 1.29 is 18.7 Å². The van der Waals surface area contributed by atoms with E-state index in [1.54, 1.807) is 23.2 Å². The normalized spacial score (nSPS) is 19.2. The average Bonchev–Trinajstić information content (AvgIpc) is 2.83. The number of carbonyl (C=O) groups excluding carboxylic acids is 2. The maximum Gasteiger partial charge on any atom is 0.260 e. The van der Waals surface area contributed by atoms with Crippen molar-refractivity contribution in [3.05, 3.63) is 59.7 Å². The van der Waals surface area contributed by atoms with Gasteiger partial charge in [0.1, 0.15) is 0 Å². The van der Waals surface area contributed by atoms with Crippen LogP contribution in [-0.2, 0) is 4.79 Å². The molecule has 0 saturated carbocycles. The molecular weight excluding hydrogens is 397 g/mol. The molecule has 1 atom stereocenters. The van der Waals surface area contributed by atoms with Crippen molar-refractivity contribution in [2.75, 3.05) is 32.8 Å². The number of para-hydroxylation sites is 1. The Morgan fingerprint density at radius 2 is 1.77 bits per heavy atom. The lowest BCUT2D eigenvalue weighted by Crippen LogP contribution is -2.41. The third-order valence-corrected chi connectivity index (χ3v) is 6.06. The van der Waals surface area contributed by atoms with Crippen molar-refractivity contribution in [1.29, 1.82) is 0 Å². The Balaban J connectivity index is 1.34. The van der Waals surface area contributed by atoms with Gasteiger partial charge in [0.05, 0.1) is 5.56 Å². The van der Waals surface area contributed by atoms with Crippen LogP contribution >= 0.6 is 0 Å². The minimum atomic E-state index is -0.477. The van der Waals surface area contributed by atoms with E-state index in [-0.39, 0.29) is 30.1 Å². The molecular formula is C24H28FN3O3. The fourth-order valence-corrected chi connectivity index (χ4v) is 4.29. The maximum absolute atomic E-state index is 13.7. The molecule has 2 aromatic rings. The van der Waals surface area contributed by atoms with E-state index in [1.165, 1.54) is 18.6 Å². The van der Waals surface area contributed by atoms with E-state index in [1.807, 2.05) is 17.0 Å². The lowest BCUT2D eigenvalue weighted by atomic mass is 9.94. The number of piperidine rings is 2. The van der Waals surface area contributed by atoms with Crippen LogP contribution in [0, 0.1) is 5.82 Å². The quantitative estimate of drug-likeness (QED) is 0.734. The molecule has 0 unspecified atom stereocenters. The van der Waals surface area contributed by atoms with E-state index in [0.717, 1.165) is 44.5 Å². The van der Waals surface area contributed by atoms with Crippen molar-refractivity contribution in [2.45, 2.75) is 38.0 Å². The zero-order chi connectivity index (χ0) is 21.6. The first-order chi connectivity index (χ1) is 15.1. The molecule has 0 spiro atoms. The first-order valence-corrected chi connectivity index (χ1v) is 11.0. The molecule has 0 aliphatic carbocycles. The van der Waals surface area contributed by atoms with Crippen molar-refractivity contribution in [3.8, 4) is 5.75 Å². The summed E-state index contributed by atoms with van der Waals surface area (Å²) >= 11 is 0. The Morgan fingerprint density at radius 1 is 1.00 bits per heavy atom. The van der Waals surface area contributed by atoms with Crippen LogP contribution in [0.5, 0.6) is 5.75 Å². The summed E-state index contributed by atoms with van der Waals surface area (Å²) < 4.78 is 19.1. The number of carbonyl (C=O) groups is 2. The Labute approximate surface area is 182 Å². The number of amides is 2. The average molecular weight is 426 g/mol. The zero-order valence-electron chi connectivity index (χ0n) is 17.6. The van der Waals surface area contributed by atoms with Crippen LogP contribution in [0.15, 0.2) is 42.6 Å². The van der Waals surface area contributed by atoms with Crippen molar-refractivity contribution in [2.24, 2.45) is 0 Å². The number of rotatable bonds is 5. The van der Waals surface area contributed by atoms with E-state index < -0.39 is 5.82 Å². The molecule has 1 aromatic carbocycles. The molecule has 0 radical (unpaired) electrons. The molecule has 2 fully saturated rings. The van der Waals surface area contributed by atoms with Gasteiger partial charge in [-0.15, -0.1) is 0 Å². The van der Waals surface area contributed by atoms with Crippen LogP contribution in [0.25, 0.3) is 0 Å².